The van der Waals surface area contributed by atoms with Gasteiger partial charge in [-0.25, -0.2) is 4.79 Å². The molecule has 0 bridgehead atoms. The van der Waals surface area contributed by atoms with Crippen molar-refractivity contribution in [2.24, 2.45) is 5.41 Å². The summed E-state index contributed by atoms with van der Waals surface area (Å²) in [7, 11) is 0. The Kier molecular flexibility index (Phi) is 3.78. The van der Waals surface area contributed by atoms with Gasteiger partial charge in [-0.05, 0) is 31.6 Å². The van der Waals surface area contributed by atoms with Crippen LogP contribution in [-0.4, -0.2) is 30.7 Å². The van der Waals surface area contributed by atoms with E-state index in [0.29, 0.717) is 12.0 Å². The summed E-state index contributed by atoms with van der Waals surface area (Å²) in [4.78, 5) is 13.3. The first kappa shape index (κ1) is 11.3. The molecule has 1 aliphatic heterocycles. The lowest BCUT2D eigenvalue weighted by Crippen LogP contribution is -2.32. The summed E-state index contributed by atoms with van der Waals surface area (Å²) >= 11 is 0. The lowest BCUT2D eigenvalue weighted by Gasteiger charge is -2.22. The molecule has 1 fully saturated rings. The summed E-state index contributed by atoms with van der Waals surface area (Å²) in [6, 6.07) is 0. The van der Waals surface area contributed by atoms with Gasteiger partial charge in [0.15, 0.2) is 0 Å². The average molecular weight is 199 g/mol. The van der Waals surface area contributed by atoms with E-state index in [0.717, 1.165) is 25.9 Å². The van der Waals surface area contributed by atoms with Gasteiger partial charge in [-0.3, -0.25) is 0 Å². The Morgan fingerprint density at radius 1 is 1.36 bits per heavy atom. The number of ether oxygens (including phenoxy) is 1. The average Bonchev–Trinajstić information content (AvgIpc) is 2.27. The molecule has 0 spiro atoms. The second-order valence-corrected chi connectivity index (χ2v) is 4.70. The zero-order valence-electron chi connectivity index (χ0n) is 9.51. The van der Waals surface area contributed by atoms with Crippen molar-refractivity contribution in [1.29, 1.82) is 0 Å². The Balaban J connectivity index is 2.45. The minimum Gasteiger partial charge on any atom is -0.450 e. The third-order valence-electron chi connectivity index (χ3n) is 2.87. The third kappa shape index (κ3) is 3.20. The topological polar surface area (TPSA) is 29.5 Å². The summed E-state index contributed by atoms with van der Waals surface area (Å²) < 4.78 is 4.99. The maximum Gasteiger partial charge on any atom is 0.409 e. The van der Waals surface area contributed by atoms with E-state index >= 15 is 0 Å². The fraction of sp³-hybridized carbons (Fsp3) is 0.909. The van der Waals surface area contributed by atoms with Gasteiger partial charge in [-0.15, -0.1) is 0 Å². The van der Waals surface area contributed by atoms with E-state index < -0.39 is 0 Å². The normalized spacial score (nSPS) is 21.5. The van der Waals surface area contributed by atoms with Gasteiger partial charge in [0.05, 0.1) is 6.61 Å². The van der Waals surface area contributed by atoms with Crippen LogP contribution in [0.2, 0.25) is 0 Å². The summed E-state index contributed by atoms with van der Waals surface area (Å²) in [5.41, 5.74) is 0.376. The molecular weight excluding hydrogens is 178 g/mol. The van der Waals surface area contributed by atoms with Crippen molar-refractivity contribution in [2.75, 3.05) is 19.7 Å². The van der Waals surface area contributed by atoms with Crippen LogP contribution in [0, 0.1) is 5.41 Å². The highest BCUT2D eigenvalue weighted by Crippen LogP contribution is 2.29. The SMILES string of the molecule is CCOC(=O)N1CCCC(C)(C)CC1. The smallest absolute Gasteiger partial charge is 0.409 e. The van der Waals surface area contributed by atoms with Crippen molar-refractivity contribution >= 4 is 6.09 Å². The Hall–Kier alpha value is -0.730. The molecule has 0 aromatic heterocycles. The van der Waals surface area contributed by atoms with Crippen LogP contribution in [0.5, 0.6) is 0 Å². The molecule has 1 saturated heterocycles. The van der Waals surface area contributed by atoms with Crippen LogP contribution in [0.25, 0.3) is 0 Å². The lowest BCUT2D eigenvalue weighted by molar-refractivity contribution is 0.107. The third-order valence-corrected chi connectivity index (χ3v) is 2.87. The number of amides is 1. The van der Waals surface area contributed by atoms with Gasteiger partial charge in [0.1, 0.15) is 0 Å². The van der Waals surface area contributed by atoms with Gasteiger partial charge >= 0.3 is 6.09 Å². The summed E-state index contributed by atoms with van der Waals surface area (Å²) in [6.07, 6.45) is 3.21. The van der Waals surface area contributed by atoms with Crippen LogP contribution in [0.4, 0.5) is 4.79 Å². The van der Waals surface area contributed by atoms with Crippen LogP contribution in [-0.2, 0) is 4.74 Å². The molecule has 0 aromatic rings. The van der Waals surface area contributed by atoms with Gasteiger partial charge in [0.2, 0.25) is 0 Å². The van der Waals surface area contributed by atoms with E-state index in [2.05, 4.69) is 13.8 Å². The molecule has 0 saturated carbocycles. The minimum atomic E-state index is -0.148. The number of hydrogen-bond acceptors (Lipinski definition) is 2. The van der Waals surface area contributed by atoms with Crippen LogP contribution in [0.1, 0.15) is 40.0 Å². The van der Waals surface area contributed by atoms with Crippen molar-refractivity contribution in [2.45, 2.75) is 40.0 Å². The summed E-state index contributed by atoms with van der Waals surface area (Å²) in [5.74, 6) is 0. The molecule has 14 heavy (non-hydrogen) atoms. The second-order valence-electron chi connectivity index (χ2n) is 4.70. The van der Waals surface area contributed by atoms with Gasteiger partial charge in [-0.2, -0.15) is 0 Å². The molecule has 1 heterocycles. The first-order valence-corrected chi connectivity index (χ1v) is 5.47. The molecule has 3 heteroatoms. The van der Waals surface area contributed by atoms with Crippen molar-refractivity contribution < 1.29 is 9.53 Å². The molecular formula is C11H21NO2. The van der Waals surface area contributed by atoms with E-state index in [1.807, 2.05) is 11.8 Å². The van der Waals surface area contributed by atoms with Crippen LogP contribution in [0.15, 0.2) is 0 Å². The summed E-state index contributed by atoms with van der Waals surface area (Å²) in [6.45, 7) is 8.54. The molecule has 82 valence electrons. The monoisotopic (exact) mass is 199 g/mol. The van der Waals surface area contributed by atoms with Gasteiger partial charge in [0, 0.05) is 13.1 Å². The minimum absolute atomic E-state index is 0.148. The molecule has 0 atom stereocenters. The standard InChI is InChI=1S/C11H21NO2/c1-4-14-10(13)12-8-5-6-11(2,3)7-9-12/h4-9H2,1-3H3. The van der Waals surface area contributed by atoms with E-state index in [9.17, 15) is 4.79 Å². The van der Waals surface area contributed by atoms with E-state index in [1.165, 1.54) is 6.42 Å². The molecule has 0 aliphatic carbocycles. The van der Waals surface area contributed by atoms with Gasteiger partial charge in [-0.1, -0.05) is 13.8 Å². The Bertz CT molecular complexity index is 201. The van der Waals surface area contributed by atoms with Crippen molar-refractivity contribution in [3.8, 4) is 0 Å². The molecule has 0 aromatic carbocycles. The van der Waals surface area contributed by atoms with Gasteiger partial charge in [0.25, 0.3) is 0 Å². The fourth-order valence-electron chi connectivity index (χ4n) is 1.82. The number of likely N-dealkylation sites (tertiary alicyclic amines) is 1. The number of hydrogen-bond donors (Lipinski definition) is 0. The maximum absolute atomic E-state index is 11.5. The molecule has 1 rings (SSSR count). The number of carbonyl (C=O) groups excluding carboxylic acids is 1. The first-order chi connectivity index (χ1) is 6.55. The van der Waals surface area contributed by atoms with Crippen molar-refractivity contribution in [3.05, 3.63) is 0 Å². The highest BCUT2D eigenvalue weighted by molar-refractivity contribution is 5.67. The lowest BCUT2D eigenvalue weighted by atomic mass is 9.85. The Morgan fingerprint density at radius 2 is 2.07 bits per heavy atom. The van der Waals surface area contributed by atoms with Crippen LogP contribution in [0.3, 0.4) is 0 Å². The molecule has 3 nitrogen and oxygen atoms in total. The predicted octanol–water partition coefficient (Wildman–Crippen LogP) is 2.66. The maximum atomic E-state index is 11.5. The predicted molar refractivity (Wildman–Crippen MR) is 56.2 cm³/mol. The highest BCUT2D eigenvalue weighted by atomic mass is 16.6. The van der Waals surface area contributed by atoms with Crippen LogP contribution >= 0.6 is 0 Å². The molecule has 1 aliphatic rings. The van der Waals surface area contributed by atoms with E-state index in [4.69, 9.17) is 4.74 Å². The molecule has 1 amide bonds. The zero-order valence-corrected chi connectivity index (χ0v) is 9.51. The Labute approximate surface area is 86.4 Å². The number of rotatable bonds is 1. The summed E-state index contributed by atoms with van der Waals surface area (Å²) in [5, 5.41) is 0. The highest BCUT2D eigenvalue weighted by Gasteiger charge is 2.25. The van der Waals surface area contributed by atoms with E-state index in [1.54, 1.807) is 0 Å². The largest absolute Gasteiger partial charge is 0.450 e. The van der Waals surface area contributed by atoms with Crippen molar-refractivity contribution in [3.63, 3.8) is 0 Å². The molecule has 0 unspecified atom stereocenters. The van der Waals surface area contributed by atoms with Crippen LogP contribution < -0.4 is 0 Å². The van der Waals surface area contributed by atoms with Crippen molar-refractivity contribution in [1.82, 2.24) is 4.90 Å². The fourth-order valence-corrected chi connectivity index (χ4v) is 1.82. The second kappa shape index (κ2) is 4.67. The van der Waals surface area contributed by atoms with E-state index in [-0.39, 0.29) is 6.09 Å². The molecule has 0 N–H and O–H groups in total. The quantitative estimate of drug-likeness (QED) is 0.649. The first-order valence-electron chi connectivity index (χ1n) is 5.47. The van der Waals surface area contributed by atoms with Gasteiger partial charge < -0.3 is 9.64 Å². The zero-order chi connectivity index (χ0) is 10.6. The molecule has 0 radical (unpaired) electrons. The number of carbonyl (C=O) groups is 1. The number of nitrogens with zero attached hydrogens (tertiary/aromatic N) is 1. The Morgan fingerprint density at radius 3 is 2.71 bits per heavy atom.